The van der Waals surface area contributed by atoms with Crippen molar-refractivity contribution in [2.24, 2.45) is 5.92 Å². The molecular weight excluding hydrogens is 268 g/mol. The van der Waals surface area contributed by atoms with Gasteiger partial charge in [-0.15, -0.1) is 0 Å². The quantitative estimate of drug-likeness (QED) is 0.871. The number of hydrogen-bond acceptors (Lipinski definition) is 3. The smallest absolute Gasteiger partial charge is 0.355 e. The van der Waals surface area contributed by atoms with Crippen LogP contribution in [0.4, 0.5) is 0 Å². The molecular formula is C16H24N2O3. The zero-order valence-corrected chi connectivity index (χ0v) is 13.3. The molecule has 1 amide bonds. The average Bonchev–Trinajstić information content (AvgIpc) is 2.73. The summed E-state index contributed by atoms with van der Waals surface area (Å²) in [5, 5.41) is 0. The van der Waals surface area contributed by atoms with E-state index in [-0.39, 0.29) is 5.91 Å². The minimum absolute atomic E-state index is 0.0170. The summed E-state index contributed by atoms with van der Waals surface area (Å²) in [6, 6.07) is 0. The minimum atomic E-state index is -0.399. The van der Waals surface area contributed by atoms with Crippen LogP contribution in [0.15, 0.2) is 0 Å². The number of ether oxygens (including phenoxy) is 1. The van der Waals surface area contributed by atoms with E-state index in [4.69, 9.17) is 4.74 Å². The molecule has 0 aromatic carbocycles. The van der Waals surface area contributed by atoms with Gasteiger partial charge in [-0.25, -0.2) is 4.79 Å². The third kappa shape index (κ3) is 3.12. The van der Waals surface area contributed by atoms with E-state index in [1.807, 2.05) is 11.8 Å². The maximum atomic E-state index is 12.7. The van der Waals surface area contributed by atoms with E-state index in [2.05, 4.69) is 11.9 Å². The third-order valence-electron chi connectivity index (χ3n) is 4.08. The van der Waals surface area contributed by atoms with E-state index >= 15 is 0 Å². The van der Waals surface area contributed by atoms with Crippen LogP contribution in [-0.4, -0.2) is 41.5 Å². The number of aromatic amines is 1. The van der Waals surface area contributed by atoms with Crippen molar-refractivity contribution in [3.8, 4) is 0 Å². The first kappa shape index (κ1) is 15.6. The molecule has 21 heavy (non-hydrogen) atoms. The first-order valence-corrected chi connectivity index (χ1v) is 7.61. The van der Waals surface area contributed by atoms with Gasteiger partial charge in [-0.1, -0.05) is 6.92 Å². The van der Waals surface area contributed by atoms with Crippen molar-refractivity contribution < 1.29 is 14.3 Å². The van der Waals surface area contributed by atoms with E-state index < -0.39 is 5.97 Å². The number of piperidine rings is 1. The van der Waals surface area contributed by atoms with E-state index in [0.717, 1.165) is 25.2 Å². The molecule has 0 radical (unpaired) electrons. The van der Waals surface area contributed by atoms with Gasteiger partial charge in [-0.2, -0.15) is 0 Å². The van der Waals surface area contributed by atoms with Crippen molar-refractivity contribution >= 4 is 11.9 Å². The molecule has 0 bridgehead atoms. The second-order valence-electron chi connectivity index (χ2n) is 5.84. The molecule has 5 nitrogen and oxygen atoms in total. The molecule has 1 aliphatic heterocycles. The van der Waals surface area contributed by atoms with Gasteiger partial charge >= 0.3 is 5.97 Å². The standard InChI is InChI=1S/C16H24N2O3/c1-5-21-16(20)14-11(3)13(12(4)17-14)15(19)18-8-6-7-10(2)9-18/h10,17H,5-9H2,1-4H3. The Bertz CT molecular complexity index is 548. The van der Waals surface area contributed by atoms with Crippen LogP contribution in [0.5, 0.6) is 0 Å². The van der Waals surface area contributed by atoms with E-state index in [1.165, 1.54) is 6.42 Å². The number of carbonyl (C=O) groups is 2. The molecule has 1 aromatic heterocycles. The van der Waals surface area contributed by atoms with Gasteiger partial charge in [-0.05, 0) is 45.1 Å². The van der Waals surface area contributed by atoms with Gasteiger partial charge in [0.05, 0.1) is 12.2 Å². The van der Waals surface area contributed by atoms with Crippen molar-refractivity contribution in [2.45, 2.75) is 40.5 Å². The number of carbonyl (C=O) groups excluding carboxylic acids is 2. The molecule has 1 atom stereocenters. The van der Waals surface area contributed by atoms with Crippen molar-refractivity contribution in [1.29, 1.82) is 0 Å². The molecule has 2 heterocycles. The third-order valence-corrected chi connectivity index (χ3v) is 4.08. The highest BCUT2D eigenvalue weighted by Crippen LogP contribution is 2.23. The molecule has 5 heteroatoms. The number of hydrogen-bond donors (Lipinski definition) is 1. The van der Waals surface area contributed by atoms with Gasteiger partial charge in [0.2, 0.25) is 0 Å². The fourth-order valence-corrected chi connectivity index (χ4v) is 3.01. The zero-order chi connectivity index (χ0) is 15.6. The first-order chi connectivity index (χ1) is 9.95. The number of nitrogens with one attached hydrogen (secondary N) is 1. The Labute approximate surface area is 125 Å². The fraction of sp³-hybridized carbons (Fsp3) is 0.625. The van der Waals surface area contributed by atoms with Crippen LogP contribution < -0.4 is 0 Å². The van der Waals surface area contributed by atoms with E-state index in [1.54, 1.807) is 13.8 Å². The Morgan fingerprint density at radius 1 is 1.38 bits per heavy atom. The summed E-state index contributed by atoms with van der Waals surface area (Å²) in [4.78, 5) is 29.5. The fourth-order valence-electron chi connectivity index (χ4n) is 3.01. The van der Waals surface area contributed by atoms with Crippen LogP contribution in [0.25, 0.3) is 0 Å². The maximum absolute atomic E-state index is 12.7. The summed E-state index contributed by atoms with van der Waals surface area (Å²) in [6.07, 6.45) is 2.21. The summed E-state index contributed by atoms with van der Waals surface area (Å²) in [7, 11) is 0. The van der Waals surface area contributed by atoms with Gasteiger partial charge in [0.15, 0.2) is 0 Å². The summed E-state index contributed by atoms with van der Waals surface area (Å²) >= 11 is 0. The molecule has 1 unspecified atom stereocenters. The average molecular weight is 292 g/mol. The lowest BCUT2D eigenvalue weighted by molar-refractivity contribution is 0.0519. The van der Waals surface area contributed by atoms with Gasteiger partial charge in [0.1, 0.15) is 5.69 Å². The van der Waals surface area contributed by atoms with E-state index in [9.17, 15) is 9.59 Å². The highest BCUT2D eigenvalue weighted by Gasteiger charge is 2.28. The second kappa shape index (κ2) is 6.33. The number of rotatable bonds is 3. The zero-order valence-electron chi connectivity index (χ0n) is 13.3. The Kier molecular flexibility index (Phi) is 4.70. The first-order valence-electron chi connectivity index (χ1n) is 7.61. The van der Waals surface area contributed by atoms with Crippen LogP contribution in [0.2, 0.25) is 0 Å². The summed E-state index contributed by atoms with van der Waals surface area (Å²) in [5.74, 6) is 0.152. The van der Waals surface area contributed by atoms with Gasteiger partial charge < -0.3 is 14.6 Å². The monoisotopic (exact) mass is 292 g/mol. The highest BCUT2D eigenvalue weighted by atomic mass is 16.5. The van der Waals surface area contributed by atoms with Crippen molar-refractivity contribution in [2.75, 3.05) is 19.7 Å². The number of nitrogens with zero attached hydrogens (tertiary/aromatic N) is 1. The van der Waals surface area contributed by atoms with Crippen LogP contribution in [0, 0.1) is 19.8 Å². The van der Waals surface area contributed by atoms with E-state index in [0.29, 0.717) is 29.3 Å². The number of amides is 1. The van der Waals surface area contributed by atoms with Gasteiger partial charge in [-0.3, -0.25) is 4.79 Å². The van der Waals surface area contributed by atoms with Crippen LogP contribution >= 0.6 is 0 Å². The Morgan fingerprint density at radius 2 is 2.10 bits per heavy atom. The van der Waals surface area contributed by atoms with Crippen molar-refractivity contribution in [3.63, 3.8) is 0 Å². The lowest BCUT2D eigenvalue weighted by Gasteiger charge is -2.31. The largest absolute Gasteiger partial charge is 0.461 e. The topological polar surface area (TPSA) is 62.4 Å². The highest BCUT2D eigenvalue weighted by molar-refractivity contribution is 6.01. The Hall–Kier alpha value is -1.78. The maximum Gasteiger partial charge on any atom is 0.355 e. The lowest BCUT2D eigenvalue weighted by atomic mass is 9.99. The number of esters is 1. The lowest BCUT2D eigenvalue weighted by Crippen LogP contribution is -2.39. The molecule has 1 saturated heterocycles. The molecule has 1 aromatic rings. The Balaban J connectivity index is 2.27. The number of H-pyrrole nitrogens is 1. The molecule has 1 aliphatic rings. The summed E-state index contributed by atoms with van der Waals surface area (Å²) < 4.78 is 5.02. The minimum Gasteiger partial charge on any atom is -0.461 e. The molecule has 1 N–H and O–H groups in total. The molecule has 0 spiro atoms. The predicted octanol–water partition coefficient (Wildman–Crippen LogP) is 2.68. The number of aromatic nitrogens is 1. The SMILES string of the molecule is CCOC(=O)c1[nH]c(C)c(C(=O)N2CCCC(C)C2)c1C. The summed E-state index contributed by atoms with van der Waals surface area (Å²) in [5.41, 5.74) is 2.43. The number of aryl methyl sites for hydroxylation is 1. The molecule has 2 rings (SSSR count). The normalized spacial score (nSPS) is 18.7. The van der Waals surface area contributed by atoms with Crippen molar-refractivity contribution in [1.82, 2.24) is 9.88 Å². The van der Waals surface area contributed by atoms with Crippen LogP contribution in [-0.2, 0) is 4.74 Å². The predicted molar refractivity (Wildman–Crippen MR) is 80.5 cm³/mol. The molecule has 1 fully saturated rings. The van der Waals surface area contributed by atoms with Crippen LogP contribution in [0.3, 0.4) is 0 Å². The van der Waals surface area contributed by atoms with Crippen LogP contribution in [0.1, 0.15) is 58.8 Å². The molecule has 0 saturated carbocycles. The second-order valence-corrected chi connectivity index (χ2v) is 5.84. The van der Waals surface area contributed by atoms with Gasteiger partial charge in [0, 0.05) is 18.8 Å². The molecule has 0 aliphatic carbocycles. The Morgan fingerprint density at radius 3 is 2.71 bits per heavy atom. The molecule has 116 valence electrons. The van der Waals surface area contributed by atoms with Crippen molar-refractivity contribution in [3.05, 3.63) is 22.5 Å². The van der Waals surface area contributed by atoms with Gasteiger partial charge in [0.25, 0.3) is 5.91 Å². The summed E-state index contributed by atoms with van der Waals surface area (Å²) in [6.45, 7) is 9.47. The number of likely N-dealkylation sites (tertiary alicyclic amines) is 1.